The predicted molar refractivity (Wildman–Crippen MR) is 118 cm³/mol. The highest BCUT2D eigenvalue weighted by Gasteiger charge is 2.22. The van der Waals surface area contributed by atoms with Gasteiger partial charge in [-0.2, -0.15) is 0 Å². The van der Waals surface area contributed by atoms with Crippen molar-refractivity contribution in [2.45, 2.75) is 11.8 Å². The first-order valence-corrected chi connectivity index (χ1v) is 11.4. The SMILES string of the molecule is Cc1ncsc1C(=O)Oc1ccc(N(C)S(=O)(=O)c2ccc3ccccc3c2)cc1. The number of hydrogen-bond donors (Lipinski definition) is 0. The number of fused-ring (bicyclic) bond motifs is 1. The Morgan fingerprint density at radius 2 is 1.70 bits per heavy atom. The third kappa shape index (κ3) is 3.79. The standard InChI is InChI=1S/C22H18N2O4S2/c1-15-21(29-14-23-15)22(25)28-19-10-8-18(9-11-19)24(2)30(26,27)20-12-7-16-5-3-4-6-17(16)13-20/h3-14H,1-2H3. The Bertz CT molecular complexity index is 1330. The molecule has 0 fully saturated rings. The number of sulfonamides is 1. The Balaban J connectivity index is 1.55. The molecule has 4 rings (SSSR count). The lowest BCUT2D eigenvalue weighted by Crippen LogP contribution is -2.26. The van der Waals surface area contributed by atoms with E-state index in [1.165, 1.54) is 22.7 Å². The highest BCUT2D eigenvalue weighted by Crippen LogP contribution is 2.27. The molecular formula is C22H18N2O4S2. The normalized spacial score (nSPS) is 11.4. The van der Waals surface area contributed by atoms with E-state index < -0.39 is 16.0 Å². The topological polar surface area (TPSA) is 76.6 Å². The fraction of sp³-hybridized carbons (Fsp3) is 0.0909. The van der Waals surface area contributed by atoms with Crippen LogP contribution in [0.25, 0.3) is 10.8 Å². The minimum absolute atomic E-state index is 0.208. The van der Waals surface area contributed by atoms with Gasteiger partial charge in [0.05, 0.1) is 21.8 Å². The number of nitrogens with zero attached hydrogens (tertiary/aromatic N) is 2. The highest BCUT2D eigenvalue weighted by atomic mass is 32.2. The molecule has 0 N–H and O–H groups in total. The molecule has 3 aromatic carbocycles. The molecule has 1 aromatic heterocycles. The molecule has 8 heteroatoms. The van der Waals surface area contributed by atoms with Crippen LogP contribution in [-0.2, 0) is 10.0 Å². The average molecular weight is 439 g/mol. The maximum atomic E-state index is 13.1. The zero-order chi connectivity index (χ0) is 21.3. The lowest BCUT2D eigenvalue weighted by atomic mass is 10.1. The summed E-state index contributed by atoms with van der Waals surface area (Å²) in [7, 11) is -2.25. The molecule has 152 valence electrons. The molecule has 0 atom stereocenters. The summed E-state index contributed by atoms with van der Waals surface area (Å²) in [5, 5.41) is 1.83. The molecule has 0 aliphatic carbocycles. The zero-order valence-electron chi connectivity index (χ0n) is 16.3. The maximum Gasteiger partial charge on any atom is 0.355 e. The van der Waals surface area contributed by atoms with Gasteiger partial charge >= 0.3 is 5.97 Å². The number of esters is 1. The summed E-state index contributed by atoms with van der Waals surface area (Å²) in [6.45, 7) is 1.74. The third-order valence-corrected chi connectivity index (χ3v) is 7.41. The number of anilines is 1. The van der Waals surface area contributed by atoms with E-state index in [9.17, 15) is 13.2 Å². The van der Waals surface area contributed by atoms with E-state index in [2.05, 4.69) is 4.98 Å². The van der Waals surface area contributed by atoms with Crippen LogP contribution in [0.2, 0.25) is 0 Å². The van der Waals surface area contributed by atoms with Crippen molar-refractivity contribution in [3.05, 3.63) is 82.8 Å². The van der Waals surface area contributed by atoms with Gasteiger partial charge in [-0.05, 0) is 54.1 Å². The van der Waals surface area contributed by atoms with Crippen LogP contribution in [0.5, 0.6) is 5.75 Å². The fourth-order valence-electron chi connectivity index (χ4n) is 3.00. The first-order chi connectivity index (χ1) is 14.4. The molecule has 0 aliphatic heterocycles. The van der Waals surface area contributed by atoms with Crippen molar-refractivity contribution in [3.63, 3.8) is 0 Å². The Morgan fingerprint density at radius 1 is 1.00 bits per heavy atom. The van der Waals surface area contributed by atoms with E-state index in [4.69, 9.17) is 4.74 Å². The zero-order valence-corrected chi connectivity index (χ0v) is 17.9. The van der Waals surface area contributed by atoms with Gasteiger partial charge in [0.15, 0.2) is 0 Å². The number of ether oxygens (including phenoxy) is 1. The molecule has 30 heavy (non-hydrogen) atoms. The number of thiazole rings is 1. The summed E-state index contributed by atoms with van der Waals surface area (Å²) >= 11 is 1.21. The van der Waals surface area contributed by atoms with Gasteiger partial charge in [0, 0.05) is 7.05 Å². The monoisotopic (exact) mass is 438 g/mol. The number of hydrogen-bond acceptors (Lipinski definition) is 6. The van der Waals surface area contributed by atoms with Crippen LogP contribution < -0.4 is 9.04 Å². The highest BCUT2D eigenvalue weighted by molar-refractivity contribution is 7.92. The molecule has 1 heterocycles. The van der Waals surface area contributed by atoms with Crippen LogP contribution in [0.1, 0.15) is 15.4 Å². The first kappa shape index (κ1) is 20.1. The number of carbonyl (C=O) groups is 1. The van der Waals surface area contributed by atoms with Gasteiger partial charge in [-0.25, -0.2) is 18.2 Å². The van der Waals surface area contributed by atoms with Crippen LogP contribution in [-0.4, -0.2) is 26.4 Å². The van der Waals surface area contributed by atoms with Gasteiger partial charge in [0.25, 0.3) is 10.0 Å². The van der Waals surface area contributed by atoms with Crippen molar-refractivity contribution in [1.82, 2.24) is 4.98 Å². The molecule has 0 bridgehead atoms. The van der Waals surface area contributed by atoms with E-state index in [-0.39, 0.29) is 4.90 Å². The van der Waals surface area contributed by atoms with Crippen molar-refractivity contribution in [3.8, 4) is 5.75 Å². The summed E-state index contributed by atoms with van der Waals surface area (Å²) in [4.78, 5) is 16.9. The Labute approximate surface area is 178 Å². The van der Waals surface area contributed by atoms with Crippen molar-refractivity contribution in [2.75, 3.05) is 11.4 Å². The summed E-state index contributed by atoms with van der Waals surface area (Å²) in [6, 6.07) is 19.0. The van der Waals surface area contributed by atoms with Crippen LogP contribution in [0.4, 0.5) is 5.69 Å². The van der Waals surface area contributed by atoms with E-state index in [1.807, 2.05) is 24.3 Å². The van der Waals surface area contributed by atoms with Crippen molar-refractivity contribution in [1.29, 1.82) is 0 Å². The van der Waals surface area contributed by atoms with Gasteiger partial charge in [-0.1, -0.05) is 30.3 Å². The second-order valence-electron chi connectivity index (χ2n) is 6.63. The van der Waals surface area contributed by atoms with Gasteiger partial charge in [0.1, 0.15) is 10.6 Å². The number of benzene rings is 3. The van der Waals surface area contributed by atoms with Crippen LogP contribution in [0.3, 0.4) is 0 Å². The molecule has 0 unspecified atom stereocenters. The lowest BCUT2D eigenvalue weighted by molar-refractivity contribution is 0.0739. The maximum absolute atomic E-state index is 13.1. The van der Waals surface area contributed by atoms with Gasteiger partial charge in [0.2, 0.25) is 0 Å². The number of aryl methyl sites for hydroxylation is 1. The Hall–Kier alpha value is -3.23. The molecule has 0 amide bonds. The van der Waals surface area contributed by atoms with Crippen LogP contribution >= 0.6 is 11.3 Å². The quantitative estimate of drug-likeness (QED) is 0.335. The summed E-state index contributed by atoms with van der Waals surface area (Å²) in [5.74, 6) is -0.159. The molecule has 6 nitrogen and oxygen atoms in total. The van der Waals surface area contributed by atoms with Crippen LogP contribution in [0, 0.1) is 6.92 Å². The minimum Gasteiger partial charge on any atom is -0.422 e. The number of rotatable bonds is 5. The third-order valence-electron chi connectivity index (χ3n) is 4.72. The smallest absolute Gasteiger partial charge is 0.355 e. The second kappa shape index (κ2) is 7.89. The molecule has 0 aliphatic rings. The Morgan fingerprint density at radius 3 is 2.37 bits per heavy atom. The van der Waals surface area contributed by atoms with Crippen molar-refractivity contribution >= 4 is 43.8 Å². The van der Waals surface area contributed by atoms with Crippen molar-refractivity contribution in [2.24, 2.45) is 0 Å². The molecule has 0 saturated carbocycles. The first-order valence-electron chi connectivity index (χ1n) is 9.06. The van der Waals surface area contributed by atoms with E-state index in [0.29, 0.717) is 22.0 Å². The number of aromatic nitrogens is 1. The van der Waals surface area contributed by atoms with Gasteiger partial charge in [-0.15, -0.1) is 11.3 Å². The minimum atomic E-state index is -3.74. The summed E-state index contributed by atoms with van der Waals surface area (Å²) in [5.41, 5.74) is 2.65. The summed E-state index contributed by atoms with van der Waals surface area (Å²) < 4.78 is 32.7. The van der Waals surface area contributed by atoms with E-state index in [1.54, 1.807) is 54.9 Å². The molecule has 4 aromatic rings. The van der Waals surface area contributed by atoms with Crippen LogP contribution in [0.15, 0.2) is 77.1 Å². The predicted octanol–water partition coefficient (Wildman–Crippen LogP) is 4.65. The molecular weight excluding hydrogens is 420 g/mol. The summed E-state index contributed by atoms with van der Waals surface area (Å²) in [6.07, 6.45) is 0. The lowest BCUT2D eigenvalue weighted by Gasteiger charge is -2.20. The average Bonchev–Trinajstić information content (AvgIpc) is 3.19. The largest absolute Gasteiger partial charge is 0.422 e. The van der Waals surface area contributed by atoms with Gasteiger partial charge < -0.3 is 4.74 Å². The Kier molecular flexibility index (Phi) is 5.27. The van der Waals surface area contributed by atoms with Crippen molar-refractivity contribution < 1.29 is 17.9 Å². The van der Waals surface area contributed by atoms with E-state index in [0.717, 1.165) is 10.8 Å². The number of carbonyl (C=O) groups excluding carboxylic acids is 1. The van der Waals surface area contributed by atoms with Gasteiger partial charge in [-0.3, -0.25) is 4.31 Å². The molecule has 0 radical (unpaired) electrons. The molecule has 0 saturated heterocycles. The second-order valence-corrected chi connectivity index (χ2v) is 9.46. The fourth-order valence-corrected chi connectivity index (χ4v) is 4.91. The molecule has 0 spiro atoms. The van der Waals surface area contributed by atoms with E-state index >= 15 is 0 Å².